The van der Waals surface area contributed by atoms with Crippen molar-refractivity contribution in [1.29, 1.82) is 0 Å². The van der Waals surface area contributed by atoms with Gasteiger partial charge in [-0.1, -0.05) is 0 Å². The predicted molar refractivity (Wildman–Crippen MR) is 111 cm³/mol. The number of amides is 1. The molecule has 0 spiro atoms. The number of thiophene rings is 1. The summed E-state index contributed by atoms with van der Waals surface area (Å²) in [6, 6.07) is 4.95. The third kappa shape index (κ3) is 4.02. The molecule has 1 amide bonds. The highest BCUT2D eigenvalue weighted by atomic mass is 32.1. The number of anilines is 1. The Labute approximate surface area is 171 Å². The van der Waals surface area contributed by atoms with Gasteiger partial charge in [-0.15, -0.1) is 11.3 Å². The van der Waals surface area contributed by atoms with Crippen LogP contribution in [0.2, 0.25) is 0 Å². The van der Waals surface area contributed by atoms with Crippen LogP contribution < -0.4 is 15.7 Å². The van der Waals surface area contributed by atoms with Crippen molar-refractivity contribution in [1.82, 2.24) is 0 Å². The van der Waals surface area contributed by atoms with Crippen molar-refractivity contribution in [2.75, 3.05) is 19.0 Å². The number of carbonyl (C=O) groups is 2. The minimum Gasteiger partial charge on any atom is -0.483 e. The highest BCUT2D eigenvalue weighted by Gasteiger charge is 2.22. The van der Waals surface area contributed by atoms with E-state index in [-0.39, 0.29) is 6.61 Å². The molecule has 3 rings (SSSR count). The van der Waals surface area contributed by atoms with Gasteiger partial charge in [0.1, 0.15) is 16.3 Å². The highest BCUT2D eigenvalue weighted by molar-refractivity contribution is 7.16. The predicted octanol–water partition coefficient (Wildman–Crippen LogP) is 3.89. The molecule has 7 nitrogen and oxygen atoms in total. The number of methoxy groups -OCH3 is 1. The number of rotatable bonds is 5. The molecule has 0 saturated carbocycles. The maximum absolute atomic E-state index is 12.4. The second kappa shape index (κ2) is 8.08. The summed E-state index contributed by atoms with van der Waals surface area (Å²) < 4.78 is 15.7. The van der Waals surface area contributed by atoms with Gasteiger partial charge in [0.25, 0.3) is 5.91 Å². The average molecular weight is 415 g/mol. The van der Waals surface area contributed by atoms with E-state index in [1.807, 2.05) is 13.8 Å². The van der Waals surface area contributed by atoms with Crippen LogP contribution in [-0.4, -0.2) is 25.6 Å². The molecule has 0 aliphatic heterocycles. The number of esters is 1. The Morgan fingerprint density at radius 1 is 1.14 bits per heavy atom. The SMILES string of the molecule is COC(=O)c1c(NC(=O)COc2ccc3c(C)cc(=O)oc3c2C)sc(C)c1C. The summed E-state index contributed by atoms with van der Waals surface area (Å²) in [6.45, 7) is 7.00. The summed E-state index contributed by atoms with van der Waals surface area (Å²) in [5.74, 6) is -0.478. The molecule has 0 unspecified atom stereocenters. The summed E-state index contributed by atoms with van der Waals surface area (Å²) in [7, 11) is 1.30. The maximum Gasteiger partial charge on any atom is 0.341 e. The van der Waals surface area contributed by atoms with Crippen molar-refractivity contribution in [3.63, 3.8) is 0 Å². The van der Waals surface area contributed by atoms with Gasteiger partial charge in [0.05, 0.1) is 12.7 Å². The number of benzene rings is 1. The zero-order chi connectivity index (χ0) is 21.3. The molecule has 1 N–H and O–H groups in total. The van der Waals surface area contributed by atoms with Crippen LogP contribution in [0.4, 0.5) is 5.00 Å². The lowest BCUT2D eigenvalue weighted by Crippen LogP contribution is -2.21. The molecule has 0 radical (unpaired) electrons. The van der Waals surface area contributed by atoms with E-state index in [0.717, 1.165) is 21.4 Å². The van der Waals surface area contributed by atoms with Crippen LogP contribution in [-0.2, 0) is 9.53 Å². The molecule has 2 aromatic heterocycles. The van der Waals surface area contributed by atoms with E-state index in [0.29, 0.717) is 27.5 Å². The summed E-state index contributed by atoms with van der Waals surface area (Å²) in [4.78, 5) is 37.0. The minimum atomic E-state index is -0.501. The first-order chi connectivity index (χ1) is 13.7. The Kier molecular flexibility index (Phi) is 5.74. The number of hydrogen-bond donors (Lipinski definition) is 1. The van der Waals surface area contributed by atoms with Gasteiger partial charge in [-0.3, -0.25) is 4.79 Å². The van der Waals surface area contributed by atoms with Crippen molar-refractivity contribution in [2.45, 2.75) is 27.7 Å². The molecule has 0 fully saturated rings. The van der Waals surface area contributed by atoms with Crippen molar-refractivity contribution in [3.05, 3.63) is 55.8 Å². The van der Waals surface area contributed by atoms with E-state index in [9.17, 15) is 14.4 Å². The Morgan fingerprint density at radius 3 is 2.55 bits per heavy atom. The zero-order valence-corrected chi connectivity index (χ0v) is 17.6. The fraction of sp³-hybridized carbons (Fsp3) is 0.286. The van der Waals surface area contributed by atoms with Crippen molar-refractivity contribution in [2.24, 2.45) is 0 Å². The number of fused-ring (bicyclic) bond motifs is 1. The van der Waals surface area contributed by atoms with Gasteiger partial charge in [-0.2, -0.15) is 0 Å². The van der Waals surface area contributed by atoms with E-state index < -0.39 is 17.5 Å². The standard InChI is InChI=1S/C21H21NO6S/c1-10-8-17(24)28-19-12(3)15(7-6-14(10)19)27-9-16(23)22-20-18(21(25)26-5)11(2)13(4)29-20/h6-8H,9H2,1-5H3,(H,22,23). The summed E-state index contributed by atoms with van der Waals surface area (Å²) in [5.41, 5.74) is 2.56. The number of aryl methyl sites for hydroxylation is 3. The molecule has 1 aromatic carbocycles. The van der Waals surface area contributed by atoms with Crippen molar-refractivity contribution < 1.29 is 23.5 Å². The highest BCUT2D eigenvalue weighted by Crippen LogP contribution is 2.33. The molecular formula is C21H21NO6S. The topological polar surface area (TPSA) is 94.8 Å². The summed E-state index contributed by atoms with van der Waals surface area (Å²) in [6.07, 6.45) is 0. The fourth-order valence-electron chi connectivity index (χ4n) is 3.03. The zero-order valence-electron chi connectivity index (χ0n) is 16.8. The summed E-state index contributed by atoms with van der Waals surface area (Å²) >= 11 is 1.30. The van der Waals surface area contributed by atoms with Crippen LogP contribution in [0.3, 0.4) is 0 Å². The van der Waals surface area contributed by atoms with E-state index >= 15 is 0 Å². The van der Waals surface area contributed by atoms with Gasteiger partial charge in [0.15, 0.2) is 6.61 Å². The monoisotopic (exact) mass is 415 g/mol. The molecule has 8 heteroatoms. The minimum absolute atomic E-state index is 0.265. The van der Waals surface area contributed by atoms with Crippen LogP contribution in [0.5, 0.6) is 5.75 Å². The molecule has 0 bridgehead atoms. The molecule has 3 aromatic rings. The number of carbonyl (C=O) groups excluding carboxylic acids is 2. The molecule has 0 aliphatic carbocycles. The van der Waals surface area contributed by atoms with Gasteiger partial charge in [-0.05, 0) is 51.0 Å². The molecule has 2 heterocycles. The van der Waals surface area contributed by atoms with Crippen LogP contribution in [0.15, 0.2) is 27.4 Å². The lowest BCUT2D eigenvalue weighted by Gasteiger charge is -2.11. The van der Waals surface area contributed by atoms with E-state index in [1.54, 1.807) is 26.0 Å². The maximum atomic E-state index is 12.4. The summed E-state index contributed by atoms with van der Waals surface area (Å²) in [5, 5.41) is 3.95. The second-order valence-corrected chi connectivity index (χ2v) is 7.85. The van der Waals surface area contributed by atoms with E-state index in [4.69, 9.17) is 13.9 Å². The quantitative estimate of drug-likeness (QED) is 0.502. The molecule has 0 aliphatic rings. The Hall–Kier alpha value is -3.13. The van der Waals surface area contributed by atoms with Crippen molar-refractivity contribution >= 4 is 39.2 Å². The Bertz CT molecular complexity index is 1170. The third-order valence-corrected chi connectivity index (χ3v) is 5.83. The Balaban J connectivity index is 1.79. The number of ether oxygens (including phenoxy) is 2. The number of hydrogen-bond acceptors (Lipinski definition) is 7. The van der Waals surface area contributed by atoms with Gasteiger partial charge >= 0.3 is 11.6 Å². The van der Waals surface area contributed by atoms with E-state index in [2.05, 4.69) is 5.32 Å². The van der Waals surface area contributed by atoms with E-state index in [1.165, 1.54) is 24.5 Å². The van der Waals surface area contributed by atoms with Crippen LogP contribution >= 0.6 is 11.3 Å². The molecule has 29 heavy (non-hydrogen) atoms. The largest absolute Gasteiger partial charge is 0.483 e. The smallest absolute Gasteiger partial charge is 0.341 e. The Morgan fingerprint density at radius 2 is 1.86 bits per heavy atom. The lowest BCUT2D eigenvalue weighted by molar-refractivity contribution is -0.118. The van der Waals surface area contributed by atoms with Gasteiger partial charge in [0, 0.05) is 21.9 Å². The third-order valence-electron chi connectivity index (χ3n) is 4.70. The van der Waals surface area contributed by atoms with Crippen LogP contribution in [0.25, 0.3) is 11.0 Å². The molecular weight excluding hydrogens is 394 g/mol. The average Bonchev–Trinajstić information content (AvgIpc) is 2.94. The first-order valence-corrected chi connectivity index (χ1v) is 9.69. The fourth-order valence-corrected chi connectivity index (χ4v) is 4.09. The van der Waals surface area contributed by atoms with Crippen molar-refractivity contribution in [3.8, 4) is 5.75 Å². The first-order valence-electron chi connectivity index (χ1n) is 8.88. The van der Waals surface area contributed by atoms with Gasteiger partial charge in [-0.25, -0.2) is 9.59 Å². The number of nitrogens with one attached hydrogen (secondary N) is 1. The first kappa shape index (κ1) is 20.6. The molecule has 152 valence electrons. The molecule has 0 saturated heterocycles. The molecule has 0 atom stereocenters. The normalized spacial score (nSPS) is 10.8. The van der Waals surface area contributed by atoms with Crippen LogP contribution in [0, 0.1) is 27.7 Å². The van der Waals surface area contributed by atoms with Gasteiger partial charge < -0.3 is 19.2 Å². The van der Waals surface area contributed by atoms with Crippen LogP contribution in [0.1, 0.15) is 31.9 Å². The van der Waals surface area contributed by atoms with Gasteiger partial charge in [0.2, 0.25) is 0 Å². The second-order valence-electron chi connectivity index (χ2n) is 6.63. The lowest BCUT2D eigenvalue weighted by atomic mass is 10.1.